The number of aromatic nitrogens is 1. The first-order valence-electron chi connectivity index (χ1n) is 11.3. The number of carbonyl (C=O) groups excluding carboxylic acids is 4. The van der Waals surface area contributed by atoms with Crippen molar-refractivity contribution in [1.29, 1.82) is 0 Å². The zero-order chi connectivity index (χ0) is 27.5. The van der Waals surface area contributed by atoms with Gasteiger partial charge in [-0.15, -0.1) is 0 Å². The number of primary amides is 1. The number of carboxylic acids is 1. The van der Waals surface area contributed by atoms with E-state index in [1.165, 1.54) is 13.1 Å². The molecule has 0 aliphatic carbocycles. The molecule has 10 N–H and O–H groups in total. The SMILES string of the molecule is CC(=O)N[C@@H](CCCN=C(N)N)C(=O)Nc1c(C(=O)N[C@@H](CCC(=O)O)C(N)=O)cnc2ccccc12. The van der Waals surface area contributed by atoms with E-state index in [-0.39, 0.29) is 36.6 Å². The van der Waals surface area contributed by atoms with E-state index < -0.39 is 48.1 Å². The highest BCUT2D eigenvalue weighted by atomic mass is 16.4. The van der Waals surface area contributed by atoms with Crippen molar-refractivity contribution < 1.29 is 29.1 Å². The molecule has 0 unspecified atom stereocenters. The van der Waals surface area contributed by atoms with Gasteiger partial charge in [-0.25, -0.2) is 0 Å². The molecule has 0 aliphatic heterocycles. The standard InChI is InChI=1S/C23H30N8O6/c1-12(32)29-17(7-4-10-27-23(25)26)22(37)31-19-13-5-2-3-6-15(13)28-11-14(19)21(36)30-16(20(24)35)8-9-18(33)34/h2-3,5-6,11,16-17H,4,7-10H2,1H3,(H2,24,35)(H,29,32)(H,30,36)(H,33,34)(H4,25,26,27)(H,28,31,37)/t16-,17-/m0/s1. The van der Waals surface area contributed by atoms with Crippen LogP contribution in [0.25, 0.3) is 10.9 Å². The molecule has 14 nitrogen and oxygen atoms in total. The highest BCUT2D eigenvalue weighted by Crippen LogP contribution is 2.26. The third-order valence-corrected chi connectivity index (χ3v) is 5.20. The number of nitrogens with two attached hydrogens (primary N) is 3. The zero-order valence-corrected chi connectivity index (χ0v) is 20.2. The van der Waals surface area contributed by atoms with Crippen LogP contribution in [0.2, 0.25) is 0 Å². The van der Waals surface area contributed by atoms with Crippen LogP contribution in [0.1, 0.15) is 43.0 Å². The van der Waals surface area contributed by atoms with E-state index in [0.29, 0.717) is 17.3 Å². The molecule has 0 aliphatic rings. The molecule has 37 heavy (non-hydrogen) atoms. The second kappa shape index (κ2) is 13.4. The number of amides is 4. The minimum atomic E-state index is -1.26. The van der Waals surface area contributed by atoms with Crippen LogP contribution in [0.4, 0.5) is 5.69 Å². The molecule has 1 heterocycles. The summed E-state index contributed by atoms with van der Waals surface area (Å²) in [5.41, 5.74) is 16.4. The molecule has 198 valence electrons. The topological polar surface area (TPSA) is 245 Å². The predicted octanol–water partition coefficient (Wildman–Crippen LogP) is -0.820. The smallest absolute Gasteiger partial charge is 0.303 e. The summed E-state index contributed by atoms with van der Waals surface area (Å²) >= 11 is 0. The van der Waals surface area contributed by atoms with E-state index in [1.54, 1.807) is 24.3 Å². The van der Waals surface area contributed by atoms with Gasteiger partial charge < -0.3 is 38.3 Å². The summed E-state index contributed by atoms with van der Waals surface area (Å²) in [6, 6.07) is 4.48. The van der Waals surface area contributed by atoms with Gasteiger partial charge in [-0.05, 0) is 25.3 Å². The number of guanidine groups is 1. The second-order valence-corrected chi connectivity index (χ2v) is 8.12. The van der Waals surface area contributed by atoms with Gasteiger partial charge in [0.15, 0.2) is 5.96 Å². The molecular weight excluding hydrogens is 484 g/mol. The Hall–Kier alpha value is -4.75. The lowest BCUT2D eigenvalue weighted by atomic mass is 10.1. The highest BCUT2D eigenvalue weighted by molar-refractivity contribution is 6.13. The van der Waals surface area contributed by atoms with Crippen molar-refractivity contribution in [1.82, 2.24) is 15.6 Å². The lowest BCUT2D eigenvalue weighted by molar-refractivity contribution is -0.137. The number of para-hydroxylation sites is 1. The third-order valence-electron chi connectivity index (χ3n) is 5.20. The molecule has 0 saturated heterocycles. The van der Waals surface area contributed by atoms with E-state index in [9.17, 15) is 24.0 Å². The van der Waals surface area contributed by atoms with Crippen LogP contribution in [0, 0.1) is 0 Å². The first-order chi connectivity index (χ1) is 17.5. The molecule has 0 saturated carbocycles. The quantitative estimate of drug-likeness (QED) is 0.100. The largest absolute Gasteiger partial charge is 0.481 e. The van der Waals surface area contributed by atoms with E-state index in [2.05, 4.69) is 25.9 Å². The Balaban J connectivity index is 2.38. The monoisotopic (exact) mass is 514 g/mol. The molecule has 2 rings (SSSR count). The molecule has 0 radical (unpaired) electrons. The molecule has 0 bridgehead atoms. The molecule has 0 spiro atoms. The number of aliphatic imine (C=N–C) groups is 1. The third kappa shape index (κ3) is 8.76. The Morgan fingerprint density at radius 3 is 2.35 bits per heavy atom. The number of rotatable bonds is 13. The summed E-state index contributed by atoms with van der Waals surface area (Å²) in [5.74, 6) is -4.03. The average Bonchev–Trinajstić information content (AvgIpc) is 2.82. The summed E-state index contributed by atoms with van der Waals surface area (Å²) < 4.78 is 0. The van der Waals surface area contributed by atoms with E-state index in [4.69, 9.17) is 22.3 Å². The molecular formula is C23H30N8O6. The van der Waals surface area contributed by atoms with Crippen LogP contribution in [0.5, 0.6) is 0 Å². The fourth-order valence-electron chi connectivity index (χ4n) is 3.47. The van der Waals surface area contributed by atoms with Crippen molar-refractivity contribution in [3.8, 4) is 0 Å². The van der Waals surface area contributed by atoms with Crippen LogP contribution >= 0.6 is 0 Å². The maximum absolute atomic E-state index is 13.2. The van der Waals surface area contributed by atoms with Gasteiger partial charge in [0, 0.05) is 31.5 Å². The fraction of sp³-hybridized carbons (Fsp3) is 0.348. The van der Waals surface area contributed by atoms with Crippen molar-refractivity contribution in [3.63, 3.8) is 0 Å². The van der Waals surface area contributed by atoms with Crippen molar-refractivity contribution in [2.45, 2.75) is 44.7 Å². The molecule has 4 amide bonds. The lowest BCUT2D eigenvalue weighted by Gasteiger charge is -2.20. The number of fused-ring (bicyclic) bond motifs is 1. The summed E-state index contributed by atoms with van der Waals surface area (Å²) in [4.78, 5) is 68.8. The number of anilines is 1. The highest BCUT2D eigenvalue weighted by Gasteiger charge is 2.26. The first-order valence-corrected chi connectivity index (χ1v) is 11.3. The summed E-state index contributed by atoms with van der Waals surface area (Å²) in [6.45, 7) is 1.50. The Bertz CT molecular complexity index is 1210. The number of hydrogen-bond acceptors (Lipinski definition) is 7. The maximum atomic E-state index is 13.2. The van der Waals surface area contributed by atoms with Gasteiger partial charge in [0.2, 0.25) is 17.7 Å². The van der Waals surface area contributed by atoms with Gasteiger partial charge in [-0.1, -0.05) is 18.2 Å². The second-order valence-electron chi connectivity index (χ2n) is 8.12. The minimum absolute atomic E-state index is 0.0873. The van der Waals surface area contributed by atoms with Crippen molar-refractivity contribution in [2.24, 2.45) is 22.2 Å². The molecule has 1 aromatic carbocycles. The maximum Gasteiger partial charge on any atom is 0.303 e. The number of benzene rings is 1. The van der Waals surface area contributed by atoms with Gasteiger partial charge in [0.25, 0.3) is 5.91 Å². The van der Waals surface area contributed by atoms with Crippen LogP contribution in [0.15, 0.2) is 35.5 Å². The first kappa shape index (κ1) is 28.5. The fourth-order valence-corrected chi connectivity index (χ4v) is 3.47. The van der Waals surface area contributed by atoms with E-state index >= 15 is 0 Å². The van der Waals surface area contributed by atoms with Gasteiger partial charge in [-0.2, -0.15) is 0 Å². The number of nitrogens with zero attached hydrogens (tertiary/aromatic N) is 2. The number of carboxylic acid groups (broad SMARTS) is 1. The zero-order valence-electron chi connectivity index (χ0n) is 20.2. The van der Waals surface area contributed by atoms with Crippen molar-refractivity contribution in [3.05, 3.63) is 36.0 Å². The van der Waals surface area contributed by atoms with Crippen LogP contribution < -0.4 is 33.2 Å². The summed E-state index contributed by atoms with van der Waals surface area (Å²) in [6.07, 6.45) is 1.18. The van der Waals surface area contributed by atoms with Gasteiger partial charge >= 0.3 is 5.97 Å². The summed E-state index contributed by atoms with van der Waals surface area (Å²) in [7, 11) is 0. The number of nitrogens with one attached hydrogen (secondary N) is 3. The predicted molar refractivity (Wildman–Crippen MR) is 135 cm³/mol. The summed E-state index contributed by atoms with van der Waals surface area (Å²) in [5, 5.41) is 17.0. The van der Waals surface area contributed by atoms with Crippen molar-refractivity contribution in [2.75, 3.05) is 11.9 Å². The Kier molecular flexibility index (Phi) is 10.3. The molecule has 2 atom stereocenters. The minimum Gasteiger partial charge on any atom is -0.481 e. The number of hydrogen-bond donors (Lipinski definition) is 7. The lowest BCUT2D eigenvalue weighted by Crippen LogP contribution is -2.45. The van der Waals surface area contributed by atoms with E-state index in [0.717, 1.165) is 0 Å². The Labute approximate surface area is 212 Å². The molecule has 2 aromatic rings. The average molecular weight is 515 g/mol. The normalized spacial score (nSPS) is 12.1. The van der Waals surface area contributed by atoms with Crippen LogP contribution in [0.3, 0.4) is 0 Å². The van der Waals surface area contributed by atoms with E-state index in [1.807, 2.05) is 0 Å². The van der Waals surface area contributed by atoms with Crippen LogP contribution in [-0.2, 0) is 19.2 Å². The van der Waals surface area contributed by atoms with Crippen molar-refractivity contribution >= 4 is 52.1 Å². The number of pyridine rings is 1. The number of carbonyl (C=O) groups is 5. The Morgan fingerprint density at radius 2 is 1.73 bits per heavy atom. The van der Waals surface area contributed by atoms with Gasteiger partial charge in [0.05, 0.1) is 16.8 Å². The molecule has 14 heteroatoms. The van der Waals surface area contributed by atoms with Crippen LogP contribution in [-0.4, -0.2) is 64.3 Å². The Morgan fingerprint density at radius 1 is 1.03 bits per heavy atom. The van der Waals surface area contributed by atoms with Gasteiger partial charge in [0.1, 0.15) is 12.1 Å². The molecule has 1 aromatic heterocycles. The van der Waals surface area contributed by atoms with Gasteiger partial charge in [-0.3, -0.25) is 33.9 Å². The molecule has 0 fully saturated rings. The number of aliphatic carboxylic acids is 1.